The number of Topliss-reactive ketones (excluding diaryl/α,β-unsaturated/α-hetero) is 2. The molecule has 104 valence electrons. The van der Waals surface area contributed by atoms with Gasteiger partial charge in [-0.3, -0.25) is 9.59 Å². The van der Waals surface area contributed by atoms with Crippen LogP contribution < -0.4 is 0 Å². The number of carbonyl (C=O) groups is 2. The second kappa shape index (κ2) is 5.11. The van der Waals surface area contributed by atoms with E-state index < -0.39 is 52.2 Å². The summed E-state index contributed by atoms with van der Waals surface area (Å²) in [5, 5.41) is 0. The zero-order valence-corrected chi connectivity index (χ0v) is 10.6. The summed E-state index contributed by atoms with van der Waals surface area (Å²) in [5.74, 6) is -9.11. The highest BCUT2D eigenvalue weighted by Crippen LogP contribution is 2.22. The van der Waals surface area contributed by atoms with E-state index in [-0.39, 0.29) is 6.07 Å². The van der Waals surface area contributed by atoms with Crippen LogP contribution in [0.2, 0.25) is 0 Å². The molecule has 0 aliphatic heterocycles. The second-order valence-electron chi connectivity index (χ2n) is 5.12. The van der Waals surface area contributed by atoms with Crippen molar-refractivity contribution in [1.29, 1.82) is 0 Å². The van der Waals surface area contributed by atoms with E-state index in [1.807, 2.05) is 0 Å². The first-order valence-corrected chi connectivity index (χ1v) is 5.45. The van der Waals surface area contributed by atoms with E-state index in [4.69, 9.17) is 0 Å². The van der Waals surface area contributed by atoms with Crippen LogP contribution in [-0.4, -0.2) is 11.6 Å². The quantitative estimate of drug-likeness (QED) is 0.279. The standard InChI is InChI=1S/C13H12F4O2/c1-13(2,3)9(19)5-8(18)6-4-7(14)11(16)12(17)10(6)15/h4H,5H2,1-3H3. The fraction of sp³-hybridized carbons (Fsp3) is 0.385. The topological polar surface area (TPSA) is 34.1 Å². The van der Waals surface area contributed by atoms with Crippen molar-refractivity contribution in [3.8, 4) is 0 Å². The van der Waals surface area contributed by atoms with Gasteiger partial charge in [-0.05, 0) is 6.07 Å². The Labute approximate surface area is 107 Å². The molecule has 0 spiro atoms. The minimum absolute atomic E-state index is 0.256. The number of benzene rings is 1. The van der Waals surface area contributed by atoms with Gasteiger partial charge in [0.2, 0.25) is 0 Å². The number of hydrogen-bond acceptors (Lipinski definition) is 2. The smallest absolute Gasteiger partial charge is 0.198 e. The van der Waals surface area contributed by atoms with Crippen molar-refractivity contribution in [1.82, 2.24) is 0 Å². The van der Waals surface area contributed by atoms with Crippen LogP contribution in [0.15, 0.2) is 6.07 Å². The summed E-state index contributed by atoms with van der Waals surface area (Å²) in [6, 6.07) is 0.256. The van der Waals surface area contributed by atoms with Gasteiger partial charge in [-0.1, -0.05) is 20.8 Å². The van der Waals surface area contributed by atoms with Gasteiger partial charge in [0.1, 0.15) is 5.78 Å². The molecule has 19 heavy (non-hydrogen) atoms. The van der Waals surface area contributed by atoms with Crippen LogP contribution in [0.3, 0.4) is 0 Å². The zero-order chi connectivity index (χ0) is 15.0. The van der Waals surface area contributed by atoms with Crippen LogP contribution in [0.4, 0.5) is 17.6 Å². The van der Waals surface area contributed by atoms with Crippen LogP contribution >= 0.6 is 0 Å². The Morgan fingerprint density at radius 2 is 1.53 bits per heavy atom. The normalized spacial score (nSPS) is 11.5. The van der Waals surface area contributed by atoms with E-state index in [9.17, 15) is 27.2 Å². The number of halogens is 4. The van der Waals surface area contributed by atoms with Gasteiger partial charge in [-0.15, -0.1) is 0 Å². The summed E-state index contributed by atoms with van der Waals surface area (Å²) in [5.41, 5.74) is -1.81. The number of rotatable bonds is 3. The molecule has 0 amide bonds. The highest BCUT2D eigenvalue weighted by atomic mass is 19.2. The van der Waals surface area contributed by atoms with Crippen LogP contribution in [0.25, 0.3) is 0 Å². The summed E-state index contributed by atoms with van der Waals surface area (Å²) >= 11 is 0. The Hall–Kier alpha value is -1.72. The van der Waals surface area contributed by atoms with E-state index in [2.05, 4.69) is 0 Å². The summed E-state index contributed by atoms with van der Waals surface area (Å²) in [6.45, 7) is 4.64. The van der Waals surface area contributed by atoms with Gasteiger partial charge in [0, 0.05) is 5.41 Å². The molecule has 6 heteroatoms. The molecule has 0 N–H and O–H groups in total. The molecule has 1 rings (SSSR count). The first-order valence-electron chi connectivity index (χ1n) is 5.45. The maximum Gasteiger partial charge on any atom is 0.198 e. The van der Waals surface area contributed by atoms with Gasteiger partial charge in [0.25, 0.3) is 0 Å². The number of ketones is 2. The van der Waals surface area contributed by atoms with E-state index in [0.717, 1.165) is 0 Å². The molecule has 0 fully saturated rings. The lowest BCUT2D eigenvalue weighted by Crippen LogP contribution is -2.23. The zero-order valence-electron chi connectivity index (χ0n) is 10.6. The van der Waals surface area contributed by atoms with Crippen molar-refractivity contribution in [2.24, 2.45) is 5.41 Å². The van der Waals surface area contributed by atoms with E-state index >= 15 is 0 Å². The summed E-state index contributed by atoms with van der Waals surface area (Å²) in [4.78, 5) is 23.2. The lowest BCUT2D eigenvalue weighted by Gasteiger charge is -2.15. The van der Waals surface area contributed by atoms with Gasteiger partial charge in [-0.25, -0.2) is 17.6 Å². The average Bonchev–Trinajstić information content (AvgIpc) is 2.29. The Kier molecular flexibility index (Phi) is 4.12. The molecular weight excluding hydrogens is 264 g/mol. The van der Waals surface area contributed by atoms with Crippen LogP contribution in [0.1, 0.15) is 37.6 Å². The Balaban J connectivity index is 3.12. The van der Waals surface area contributed by atoms with Crippen LogP contribution in [0.5, 0.6) is 0 Å². The summed E-state index contributed by atoms with van der Waals surface area (Å²) < 4.78 is 51.9. The van der Waals surface area contributed by atoms with Crippen molar-refractivity contribution in [3.63, 3.8) is 0 Å². The van der Waals surface area contributed by atoms with Crippen molar-refractivity contribution in [3.05, 3.63) is 34.9 Å². The third-order valence-electron chi connectivity index (χ3n) is 2.56. The molecule has 0 unspecified atom stereocenters. The van der Waals surface area contributed by atoms with Crippen molar-refractivity contribution in [2.75, 3.05) is 0 Å². The highest BCUT2D eigenvalue weighted by molar-refractivity contribution is 6.09. The van der Waals surface area contributed by atoms with Crippen molar-refractivity contribution < 1.29 is 27.2 Å². The molecule has 1 aromatic carbocycles. The van der Waals surface area contributed by atoms with Crippen molar-refractivity contribution >= 4 is 11.6 Å². The van der Waals surface area contributed by atoms with Crippen LogP contribution in [-0.2, 0) is 4.79 Å². The third kappa shape index (κ3) is 3.19. The SMILES string of the molecule is CC(C)(C)C(=O)CC(=O)c1cc(F)c(F)c(F)c1F. The lowest BCUT2D eigenvalue weighted by molar-refractivity contribution is -0.125. The summed E-state index contributed by atoms with van der Waals surface area (Å²) in [7, 11) is 0. The van der Waals surface area contributed by atoms with Gasteiger partial charge in [0.15, 0.2) is 29.1 Å². The Morgan fingerprint density at radius 1 is 1.00 bits per heavy atom. The molecule has 0 aromatic heterocycles. The van der Waals surface area contributed by atoms with Gasteiger partial charge < -0.3 is 0 Å². The maximum atomic E-state index is 13.3. The van der Waals surface area contributed by atoms with Gasteiger partial charge in [-0.2, -0.15) is 0 Å². The fourth-order valence-electron chi connectivity index (χ4n) is 1.28. The van der Waals surface area contributed by atoms with Gasteiger partial charge in [0.05, 0.1) is 12.0 Å². The maximum absolute atomic E-state index is 13.3. The molecule has 0 aliphatic rings. The van der Waals surface area contributed by atoms with E-state index in [0.29, 0.717) is 0 Å². The molecule has 1 aromatic rings. The molecule has 0 radical (unpaired) electrons. The molecule has 0 atom stereocenters. The first kappa shape index (κ1) is 15.3. The summed E-state index contributed by atoms with van der Waals surface area (Å²) in [6.07, 6.45) is -0.703. The lowest BCUT2D eigenvalue weighted by atomic mass is 9.87. The fourth-order valence-corrected chi connectivity index (χ4v) is 1.28. The first-order chi connectivity index (χ1) is 8.55. The Bertz CT molecular complexity index is 545. The molecule has 0 saturated heterocycles. The minimum Gasteiger partial charge on any atom is -0.299 e. The van der Waals surface area contributed by atoms with Crippen LogP contribution in [0, 0.1) is 28.7 Å². The van der Waals surface area contributed by atoms with E-state index in [1.54, 1.807) is 20.8 Å². The largest absolute Gasteiger partial charge is 0.299 e. The molecule has 0 aliphatic carbocycles. The molecule has 0 heterocycles. The van der Waals surface area contributed by atoms with Gasteiger partial charge >= 0.3 is 0 Å². The molecular formula is C13H12F4O2. The predicted octanol–water partition coefficient (Wildman–Crippen LogP) is 3.43. The third-order valence-corrected chi connectivity index (χ3v) is 2.56. The Morgan fingerprint density at radius 3 is 2.00 bits per heavy atom. The molecule has 0 saturated carbocycles. The molecule has 2 nitrogen and oxygen atoms in total. The van der Waals surface area contributed by atoms with E-state index in [1.165, 1.54) is 0 Å². The highest BCUT2D eigenvalue weighted by Gasteiger charge is 2.28. The second-order valence-corrected chi connectivity index (χ2v) is 5.12. The molecule has 0 bridgehead atoms. The number of carbonyl (C=O) groups excluding carboxylic acids is 2. The minimum atomic E-state index is -2.06. The average molecular weight is 276 g/mol. The predicted molar refractivity (Wildman–Crippen MR) is 59.7 cm³/mol. The number of hydrogen-bond donors (Lipinski definition) is 0. The monoisotopic (exact) mass is 276 g/mol. The van der Waals surface area contributed by atoms with Crippen molar-refractivity contribution in [2.45, 2.75) is 27.2 Å².